The second-order valence-corrected chi connectivity index (χ2v) is 5.95. The summed E-state index contributed by atoms with van der Waals surface area (Å²) in [6.07, 6.45) is 10.8. The topological polar surface area (TPSA) is 93.1 Å². The molecule has 2 N–H and O–H groups in total. The first-order valence-electron chi connectivity index (χ1n) is 7.11. The second-order valence-electron chi connectivity index (χ2n) is 4.61. The summed E-state index contributed by atoms with van der Waals surface area (Å²) in [7, 11) is 0. The predicted molar refractivity (Wildman–Crippen MR) is 79.6 cm³/mol. The van der Waals surface area contributed by atoms with E-state index in [1.165, 1.54) is 25.7 Å². The Kier molecular flexibility index (Phi) is 15.6. The minimum absolute atomic E-state index is 0.351. The Morgan fingerprint density at radius 2 is 0.800 bits per heavy atom. The first kappa shape index (κ1) is 20.1. The molecular formula is C12H26O6S2. The van der Waals surface area contributed by atoms with Gasteiger partial charge in [0.15, 0.2) is 0 Å². The Balaban J connectivity index is 2.99. The molecule has 8 heteroatoms. The van der Waals surface area contributed by atoms with Crippen LogP contribution in [0.5, 0.6) is 0 Å². The normalized spacial score (nSPS) is 14.3. The fourth-order valence-corrected chi connectivity index (χ4v) is 2.40. The summed E-state index contributed by atoms with van der Waals surface area (Å²) >= 11 is -4.25. The molecule has 0 saturated carbocycles. The molecule has 0 saturated heterocycles. The van der Waals surface area contributed by atoms with Crippen LogP contribution < -0.4 is 0 Å². The first-order valence-corrected chi connectivity index (χ1v) is 9.17. The van der Waals surface area contributed by atoms with Crippen molar-refractivity contribution in [3.63, 3.8) is 0 Å². The van der Waals surface area contributed by atoms with Gasteiger partial charge in [0.25, 0.3) is 0 Å². The average Bonchev–Trinajstić information content (AvgIpc) is 2.38. The molecule has 122 valence electrons. The van der Waals surface area contributed by atoms with Gasteiger partial charge in [-0.2, -0.15) is 8.42 Å². The van der Waals surface area contributed by atoms with Crippen molar-refractivity contribution in [1.82, 2.24) is 0 Å². The van der Waals surface area contributed by atoms with Crippen molar-refractivity contribution in [3.8, 4) is 0 Å². The second kappa shape index (κ2) is 15.5. The SMILES string of the molecule is O=S(O)OCCCCCCCCCCCCOS(=O)O. The van der Waals surface area contributed by atoms with Gasteiger partial charge in [0.2, 0.25) is 0 Å². The Bertz CT molecular complexity index is 236. The van der Waals surface area contributed by atoms with E-state index in [1.54, 1.807) is 0 Å². The van der Waals surface area contributed by atoms with Gasteiger partial charge in [-0.25, -0.2) is 0 Å². The van der Waals surface area contributed by atoms with Gasteiger partial charge in [-0.05, 0) is 12.8 Å². The fraction of sp³-hybridized carbons (Fsp3) is 1.00. The molecule has 0 aliphatic rings. The largest absolute Gasteiger partial charge is 0.301 e. The molecule has 0 aromatic carbocycles. The lowest BCUT2D eigenvalue weighted by Crippen LogP contribution is -1.97. The number of unbranched alkanes of at least 4 members (excludes halogenated alkanes) is 9. The van der Waals surface area contributed by atoms with Gasteiger partial charge in [0, 0.05) is 0 Å². The first-order chi connectivity index (χ1) is 9.63. The summed E-state index contributed by atoms with van der Waals surface area (Å²) in [4.78, 5) is 0. The van der Waals surface area contributed by atoms with Crippen molar-refractivity contribution in [1.29, 1.82) is 0 Å². The third-order valence-corrected chi connectivity index (χ3v) is 3.64. The zero-order valence-electron chi connectivity index (χ0n) is 11.8. The van der Waals surface area contributed by atoms with Crippen molar-refractivity contribution in [2.45, 2.75) is 64.2 Å². The van der Waals surface area contributed by atoms with Gasteiger partial charge >= 0.3 is 22.7 Å². The van der Waals surface area contributed by atoms with E-state index in [9.17, 15) is 8.42 Å². The molecule has 0 heterocycles. The molecule has 0 aliphatic carbocycles. The van der Waals surface area contributed by atoms with Crippen LogP contribution in [0.25, 0.3) is 0 Å². The molecule has 0 radical (unpaired) electrons. The molecule has 0 spiro atoms. The summed E-state index contributed by atoms with van der Waals surface area (Å²) in [5.74, 6) is 0. The molecule has 2 unspecified atom stereocenters. The van der Waals surface area contributed by atoms with Crippen LogP contribution in [0.4, 0.5) is 0 Å². The maximum atomic E-state index is 10.2. The standard InChI is InChI=1S/C12H26O6S2/c13-19(14)17-11-9-7-5-3-1-2-4-6-8-10-12-18-20(15)16/h1-12H2,(H,13,14)(H,15,16). The van der Waals surface area contributed by atoms with E-state index >= 15 is 0 Å². The van der Waals surface area contributed by atoms with Gasteiger partial charge in [0.05, 0.1) is 13.2 Å². The van der Waals surface area contributed by atoms with E-state index in [2.05, 4.69) is 8.37 Å². The lowest BCUT2D eigenvalue weighted by Gasteiger charge is -2.02. The molecule has 0 amide bonds. The molecule has 0 fully saturated rings. The molecule has 0 aliphatic heterocycles. The zero-order chi connectivity index (χ0) is 15.1. The highest BCUT2D eigenvalue weighted by molar-refractivity contribution is 7.74. The molecule has 0 aromatic rings. The maximum absolute atomic E-state index is 10.2. The highest BCUT2D eigenvalue weighted by atomic mass is 32.2. The van der Waals surface area contributed by atoms with Gasteiger partial charge < -0.3 is 0 Å². The highest BCUT2D eigenvalue weighted by Gasteiger charge is 1.96. The van der Waals surface area contributed by atoms with E-state index in [-0.39, 0.29) is 0 Å². The molecule has 6 nitrogen and oxygen atoms in total. The Labute approximate surface area is 126 Å². The van der Waals surface area contributed by atoms with Crippen LogP contribution in [-0.4, -0.2) is 30.7 Å². The van der Waals surface area contributed by atoms with Crippen LogP contribution in [0.1, 0.15) is 64.2 Å². The summed E-state index contributed by atoms with van der Waals surface area (Å²) in [5, 5.41) is 0. The van der Waals surface area contributed by atoms with Crippen LogP contribution in [0, 0.1) is 0 Å². The third-order valence-electron chi connectivity index (χ3n) is 2.91. The van der Waals surface area contributed by atoms with Crippen molar-refractivity contribution < 1.29 is 25.9 Å². The van der Waals surface area contributed by atoms with E-state index in [4.69, 9.17) is 9.11 Å². The van der Waals surface area contributed by atoms with Crippen LogP contribution in [0.15, 0.2) is 0 Å². The summed E-state index contributed by atoms with van der Waals surface area (Å²) in [5.41, 5.74) is 0. The highest BCUT2D eigenvalue weighted by Crippen LogP contribution is 2.10. The number of hydrogen-bond acceptors (Lipinski definition) is 4. The van der Waals surface area contributed by atoms with E-state index in [1.807, 2.05) is 0 Å². The van der Waals surface area contributed by atoms with Gasteiger partial charge in [-0.1, -0.05) is 51.4 Å². The smallest absolute Gasteiger partial charge is 0.284 e. The average molecular weight is 330 g/mol. The van der Waals surface area contributed by atoms with Crippen molar-refractivity contribution >= 4 is 22.7 Å². The van der Waals surface area contributed by atoms with Gasteiger partial charge in [-0.15, -0.1) is 0 Å². The minimum Gasteiger partial charge on any atom is -0.284 e. The van der Waals surface area contributed by atoms with Crippen molar-refractivity contribution in [3.05, 3.63) is 0 Å². The quantitative estimate of drug-likeness (QED) is 0.354. The van der Waals surface area contributed by atoms with E-state index in [0.717, 1.165) is 38.5 Å². The summed E-state index contributed by atoms with van der Waals surface area (Å²) in [6, 6.07) is 0. The maximum Gasteiger partial charge on any atom is 0.301 e. The molecular weight excluding hydrogens is 304 g/mol. The third kappa shape index (κ3) is 18.1. The van der Waals surface area contributed by atoms with E-state index in [0.29, 0.717) is 13.2 Å². The van der Waals surface area contributed by atoms with Gasteiger partial charge in [-0.3, -0.25) is 17.5 Å². The lowest BCUT2D eigenvalue weighted by atomic mass is 10.1. The number of hydrogen-bond donors (Lipinski definition) is 2. The molecule has 2 atom stereocenters. The summed E-state index contributed by atoms with van der Waals surface area (Å²) < 4.78 is 46.2. The van der Waals surface area contributed by atoms with Crippen LogP contribution >= 0.6 is 0 Å². The molecule has 0 aromatic heterocycles. The van der Waals surface area contributed by atoms with Crippen molar-refractivity contribution in [2.24, 2.45) is 0 Å². The monoisotopic (exact) mass is 330 g/mol. The van der Waals surface area contributed by atoms with Crippen molar-refractivity contribution in [2.75, 3.05) is 13.2 Å². The summed E-state index contributed by atoms with van der Waals surface area (Å²) in [6.45, 7) is 0.702. The Morgan fingerprint density at radius 1 is 0.550 bits per heavy atom. The van der Waals surface area contributed by atoms with E-state index < -0.39 is 22.7 Å². The van der Waals surface area contributed by atoms with Gasteiger partial charge in [0.1, 0.15) is 0 Å². The molecule has 20 heavy (non-hydrogen) atoms. The fourth-order valence-electron chi connectivity index (χ4n) is 1.88. The van der Waals surface area contributed by atoms with Crippen LogP contribution in [0.2, 0.25) is 0 Å². The zero-order valence-corrected chi connectivity index (χ0v) is 13.5. The Hall–Kier alpha value is 0.140. The van der Waals surface area contributed by atoms with Crippen LogP contribution in [-0.2, 0) is 31.1 Å². The predicted octanol–water partition coefficient (Wildman–Crippen LogP) is 3.19. The Morgan fingerprint density at radius 3 is 1.05 bits per heavy atom. The molecule has 0 bridgehead atoms. The molecule has 0 rings (SSSR count). The van der Waals surface area contributed by atoms with Crippen LogP contribution in [0.3, 0.4) is 0 Å². The minimum atomic E-state index is -2.12. The lowest BCUT2D eigenvalue weighted by molar-refractivity contribution is 0.294. The number of rotatable bonds is 15.